The molecule has 1 aromatic carbocycles. The van der Waals surface area contributed by atoms with Crippen LogP contribution >= 0.6 is 11.6 Å². The highest BCUT2D eigenvalue weighted by Gasteiger charge is 2.21. The van der Waals surface area contributed by atoms with Gasteiger partial charge in [0.05, 0.1) is 48.5 Å². The molecule has 0 saturated heterocycles. The number of aromatic nitrogens is 2. The van der Waals surface area contributed by atoms with E-state index in [-0.39, 0.29) is 23.6 Å². The number of carboxylic acids is 1. The molecule has 2 heterocycles. The Morgan fingerprint density at radius 2 is 1.97 bits per heavy atom. The van der Waals surface area contributed by atoms with Crippen LogP contribution in [0.25, 0.3) is 11.1 Å². The Bertz CT molecular complexity index is 1070. The van der Waals surface area contributed by atoms with Crippen LogP contribution in [-0.2, 0) is 11.3 Å². The summed E-state index contributed by atoms with van der Waals surface area (Å²) >= 11 is 6.20. The summed E-state index contributed by atoms with van der Waals surface area (Å²) in [7, 11) is 0. The summed E-state index contributed by atoms with van der Waals surface area (Å²) in [6.07, 6.45) is 2.24. The zero-order valence-corrected chi connectivity index (χ0v) is 17.9. The fraction of sp³-hybridized carbons (Fsp3) is 0.421. The summed E-state index contributed by atoms with van der Waals surface area (Å²) in [6.45, 7) is 0.519. The first kappa shape index (κ1) is 25.4. The summed E-state index contributed by atoms with van der Waals surface area (Å²) < 4.78 is 17.2. The van der Waals surface area contributed by atoms with Crippen molar-refractivity contribution in [3.8, 4) is 5.75 Å². The second kappa shape index (κ2) is 11.1. The Labute approximate surface area is 186 Å². The van der Waals surface area contributed by atoms with Crippen molar-refractivity contribution in [2.45, 2.75) is 31.5 Å². The summed E-state index contributed by atoms with van der Waals surface area (Å²) in [5.74, 6) is -0.983. The molecule has 0 aliphatic heterocycles. The monoisotopic (exact) mass is 473 g/mol. The van der Waals surface area contributed by atoms with Gasteiger partial charge in [0.1, 0.15) is 12.0 Å². The molecule has 2 aromatic heterocycles. The minimum Gasteiger partial charge on any atom is -0.481 e. The number of benzene rings is 1. The van der Waals surface area contributed by atoms with Crippen molar-refractivity contribution in [2.24, 2.45) is 5.73 Å². The van der Waals surface area contributed by atoms with Gasteiger partial charge in [0.25, 0.3) is 0 Å². The van der Waals surface area contributed by atoms with Crippen LogP contribution in [0.3, 0.4) is 0 Å². The molecule has 0 aliphatic rings. The Kier molecular flexibility index (Phi) is 8.80. The van der Waals surface area contributed by atoms with Crippen LogP contribution in [0.2, 0.25) is 5.02 Å². The van der Waals surface area contributed by atoms with Crippen LogP contribution in [0.1, 0.15) is 25.3 Å². The molecule has 0 spiro atoms. The third kappa shape index (κ3) is 6.31. The minimum atomic E-state index is -1.21. The molecule has 176 valence electrons. The highest BCUT2D eigenvalue weighted by Crippen LogP contribution is 2.32. The molecule has 1 atom stereocenters. The predicted octanol–water partition coefficient (Wildman–Crippen LogP) is 0.511. The number of halogens is 1. The maximum Gasteiger partial charge on any atom is 0.419 e. The van der Waals surface area contributed by atoms with Gasteiger partial charge in [0.15, 0.2) is 11.7 Å². The molecule has 12 nitrogen and oxygen atoms in total. The first-order valence-corrected chi connectivity index (χ1v) is 9.74. The molecule has 3 rings (SSSR count). The predicted molar refractivity (Wildman–Crippen MR) is 111 cm³/mol. The van der Waals surface area contributed by atoms with E-state index >= 15 is 0 Å². The van der Waals surface area contributed by atoms with Crippen molar-refractivity contribution in [3.05, 3.63) is 46.1 Å². The van der Waals surface area contributed by atoms with E-state index in [0.29, 0.717) is 17.2 Å². The highest BCUT2D eigenvalue weighted by atomic mass is 35.5. The third-order valence-electron chi connectivity index (χ3n) is 4.32. The van der Waals surface area contributed by atoms with Gasteiger partial charge in [-0.1, -0.05) is 11.6 Å². The van der Waals surface area contributed by atoms with Gasteiger partial charge >= 0.3 is 11.7 Å². The molecule has 13 heteroatoms. The van der Waals surface area contributed by atoms with Gasteiger partial charge in [-0.2, -0.15) is 0 Å². The van der Waals surface area contributed by atoms with Gasteiger partial charge < -0.3 is 39.7 Å². The van der Waals surface area contributed by atoms with Crippen LogP contribution in [0.15, 0.2) is 38.2 Å². The molecule has 0 bridgehead atoms. The highest BCUT2D eigenvalue weighted by molar-refractivity contribution is 6.32. The lowest BCUT2D eigenvalue weighted by molar-refractivity contribution is -0.137. The van der Waals surface area contributed by atoms with Crippen molar-refractivity contribution in [1.82, 2.24) is 9.55 Å². The van der Waals surface area contributed by atoms with E-state index in [4.69, 9.17) is 51.3 Å². The van der Waals surface area contributed by atoms with Crippen LogP contribution < -0.4 is 16.2 Å². The summed E-state index contributed by atoms with van der Waals surface area (Å²) in [6, 6.07) is 2.98. The van der Waals surface area contributed by atoms with Crippen LogP contribution in [-0.4, -0.2) is 61.3 Å². The van der Waals surface area contributed by atoms with Gasteiger partial charge in [-0.05, 0) is 13.0 Å². The zero-order chi connectivity index (χ0) is 23.9. The van der Waals surface area contributed by atoms with Crippen molar-refractivity contribution in [3.63, 3.8) is 0 Å². The smallest absolute Gasteiger partial charge is 0.419 e. The van der Waals surface area contributed by atoms with E-state index in [9.17, 15) is 9.59 Å². The number of rotatable bonds is 9. The van der Waals surface area contributed by atoms with Crippen LogP contribution in [0.4, 0.5) is 0 Å². The second-order valence-corrected chi connectivity index (χ2v) is 7.29. The summed E-state index contributed by atoms with van der Waals surface area (Å²) in [5, 5.41) is 34.0. The Morgan fingerprint density at radius 3 is 2.47 bits per heavy atom. The molecule has 6 N–H and O–H groups in total. The Hall–Kier alpha value is -2.90. The van der Waals surface area contributed by atoms with Gasteiger partial charge in [-0.15, -0.1) is 0 Å². The normalized spacial score (nSPS) is 12.3. The van der Waals surface area contributed by atoms with E-state index in [1.165, 1.54) is 29.2 Å². The lowest BCUT2D eigenvalue weighted by Crippen LogP contribution is -2.50. The fourth-order valence-corrected chi connectivity index (χ4v) is 2.60. The number of nitrogens with zero attached hydrogens (tertiary/aromatic N) is 2. The van der Waals surface area contributed by atoms with Gasteiger partial charge in [0.2, 0.25) is 5.89 Å². The maximum atomic E-state index is 11.9. The van der Waals surface area contributed by atoms with Crippen LogP contribution in [0, 0.1) is 0 Å². The summed E-state index contributed by atoms with van der Waals surface area (Å²) in [5.41, 5.74) is 4.60. The standard InChI is InChI=1S/C15H13ClN2O6.C4H11NO3/c1-8(14-17-3-5-22-14)23-11-7-12-10(6-9(11)16)18(15(21)24-12)4-2-13(19)20;5-4(1-6,2-7)3-8/h3,5-8H,2,4H2,1H3,(H,19,20);6-8H,1-3,5H2/t8-;/m0./s1. The lowest BCUT2D eigenvalue weighted by Gasteiger charge is -2.20. The molecule has 0 radical (unpaired) electrons. The first-order valence-electron chi connectivity index (χ1n) is 9.36. The molecule has 3 aromatic rings. The summed E-state index contributed by atoms with van der Waals surface area (Å²) in [4.78, 5) is 26.6. The number of ether oxygens (including phenoxy) is 1. The number of hydrogen-bond donors (Lipinski definition) is 5. The number of aliphatic hydroxyl groups is 3. The van der Waals surface area contributed by atoms with Crippen molar-refractivity contribution in [2.75, 3.05) is 19.8 Å². The molecule has 32 heavy (non-hydrogen) atoms. The van der Waals surface area contributed by atoms with Crippen molar-refractivity contribution in [1.29, 1.82) is 0 Å². The topological polar surface area (TPSA) is 194 Å². The fourth-order valence-electron chi connectivity index (χ4n) is 2.40. The van der Waals surface area contributed by atoms with Gasteiger partial charge in [0, 0.05) is 12.6 Å². The lowest BCUT2D eigenvalue weighted by atomic mass is 10.1. The SMILES string of the molecule is C[C@H](Oc1cc2oc(=O)n(CCC(=O)O)c2cc1Cl)c1ncco1.NC(CO)(CO)CO. The number of fused-ring (bicyclic) bond motifs is 1. The number of aliphatic carboxylic acids is 1. The largest absolute Gasteiger partial charge is 0.481 e. The van der Waals surface area contributed by atoms with Gasteiger partial charge in [-0.25, -0.2) is 9.78 Å². The molecular weight excluding hydrogens is 450 g/mol. The Balaban J connectivity index is 0.000000390. The molecular formula is C19H24ClN3O9. The van der Waals surface area contributed by atoms with Crippen molar-refractivity contribution < 1.29 is 38.8 Å². The van der Waals surface area contributed by atoms with E-state index in [0.717, 1.165) is 0 Å². The quantitative estimate of drug-likeness (QED) is 0.290. The number of carbonyl (C=O) groups is 1. The van der Waals surface area contributed by atoms with Crippen molar-refractivity contribution >= 4 is 28.7 Å². The Morgan fingerprint density at radius 1 is 1.31 bits per heavy atom. The van der Waals surface area contributed by atoms with E-state index < -0.39 is 43.2 Å². The number of carboxylic acid groups (broad SMARTS) is 1. The minimum absolute atomic E-state index is 0.00951. The first-order chi connectivity index (χ1) is 15.1. The molecule has 0 fully saturated rings. The maximum absolute atomic E-state index is 11.9. The number of nitrogens with two attached hydrogens (primary N) is 1. The molecule has 0 unspecified atom stereocenters. The third-order valence-corrected chi connectivity index (χ3v) is 4.61. The van der Waals surface area contributed by atoms with E-state index in [2.05, 4.69) is 4.98 Å². The molecule has 0 amide bonds. The van der Waals surface area contributed by atoms with E-state index in [1.807, 2.05) is 0 Å². The number of aryl methyl sites for hydroxylation is 1. The van der Waals surface area contributed by atoms with E-state index in [1.54, 1.807) is 6.92 Å². The van der Waals surface area contributed by atoms with Gasteiger partial charge in [-0.3, -0.25) is 9.36 Å². The number of aliphatic hydroxyl groups excluding tert-OH is 3. The average Bonchev–Trinajstić information content (AvgIpc) is 3.40. The number of oxazole rings is 2. The van der Waals surface area contributed by atoms with Crippen LogP contribution in [0.5, 0.6) is 5.75 Å². The molecule has 0 saturated carbocycles. The molecule has 0 aliphatic carbocycles. The average molecular weight is 474 g/mol. The zero-order valence-electron chi connectivity index (χ0n) is 17.1. The number of hydrogen-bond acceptors (Lipinski definition) is 10. The second-order valence-electron chi connectivity index (χ2n) is 6.88.